The van der Waals surface area contributed by atoms with Crippen LogP contribution in [0, 0.1) is 12.8 Å². The zero-order valence-corrected chi connectivity index (χ0v) is 16.3. The van der Waals surface area contributed by atoms with Crippen LogP contribution in [-0.2, 0) is 11.2 Å². The molecular formula is C22H30N2O2. The number of hydrogen-bond acceptors (Lipinski definition) is 3. The van der Waals surface area contributed by atoms with E-state index < -0.39 is 0 Å². The highest BCUT2D eigenvalue weighted by Crippen LogP contribution is 2.21. The normalized spacial score (nSPS) is 10.7. The van der Waals surface area contributed by atoms with E-state index in [4.69, 9.17) is 4.74 Å². The minimum atomic E-state index is -0.0554. The zero-order valence-electron chi connectivity index (χ0n) is 16.3. The molecule has 26 heavy (non-hydrogen) atoms. The molecule has 4 nitrogen and oxygen atoms in total. The molecule has 2 N–H and O–H groups in total. The molecule has 140 valence electrons. The molecule has 0 aliphatic heterocycles. The van der Waals surface area contributed by atoms with Gasteiger partial charge in [-0.2, -0.15) is 0 Å². The Labute approximate surface area is 157 Å². The first kappa shape index (κ1) is 19.8. The van der Waals surface area contributed by atoms with Crippen molar-refractivity contribution >= 4 is 17.3 Å². The van der Waals surface area contributed by atoms with Crippen LogP contribution in [0.4, 0.5) is 11.4 Å². The van der Waals surface area contributed by atoms with Gasteiger partial charge >= 0.3 is 0 Å². The van der Waals surface area contributed by atoms with E-state index in [0.717, 1.165) is 41.1 Å². The highest BCUT2D eigenvalue weighted by molar-refractivity contribution is 5.95. The number of hydrogen-bond donors (Lipinski definition) is 2. The Balaban J connectivity index is 1.89. The summed E-state index contributed by atoms with van der Waals surface area (Å²) in [5.74, 6) is 1.39. The molecule has 0 saturated heterocycles. The number of amides is 1. The fraction of sp³-hybridized carbons (Fsp3) is 0.409. The van der Waals surface area contributed by atoms with Gasteiger partial charge in [0.25, 0.3) is 0 Å². The summed E-state index contributed by atoms with van der Waals surface area (Å²) in [6.07, 6.45) is 1.91. The summed E-state index contributed by atoms with van der Waals surface area (Å²) in [6.45, 7) is 9.38. The highest BCUT2D eigenvalue weighted by Gasteiger charge is 2.08. The van der Waals surface area contributed by atoms with Gasteiger partial charge in [-0.25, -0.2) is 0 Å². The maximum absolute atomic E-state index is 12.3. The van der Waals surface area contributed by atoms with Crippen LogP contribution in [0.1, 0.15) is 38.3 Å². The third-order valence-corrected chi connectivity index (χ3v) is 4.26. The average molecular weight is 354 g/mol. The average Bonchev–Trinajstić information content (AvgIpc) is 2.62. The molecule has 0 heterocycles. The molecule has 0 radical (unpaired) electrons. The summed E-state index contributed by atoms with van der Waals surface area (Å²) in [6, 6.07) is 13.8. The molecule has 0 aliphatic carbocycles. The van der Waals surface area contributed by atoms with Crippen molar-refractivity contribution in [3.05, 3.63) is 53.6 Å². The minimum Gasteiger partial charge on any atom is -0.494 e. The van der Waals surface area contributed by atoms with E-state index >= 15 is 0 Å². The summed E-state index contributed by atoms with van der Waals surface area (Å²) >= 11 is 0. The lowest BCUT2D eigenvalue weighted by Crippen LogP contribution is -2.22. The Bertz CT molecular complexity index is 726. The van der Waals surface area contributed by atoms with Crippen LogP contribution in [0.2, 0.25) is 0 Å². The first-order valence-corrected chi connectivity index (χ1v) is 9.34. The van der Waals surface area contributed by atoms with Gasteiger partial charge in [0, 0.05) is 17.4 Å². The van der Waals surface area contributed by atoms with Crippen LogP contribution in [0.3, 0.4) is 0 Å². The highest BCUT2D eigenvalue weighted by atomic mass is 16.5. The predicted molar refractivity (Wildman–Crippen MR) is 109 cm³/mol. The number of ether oxygens (including phenoxy) is 1. The monoisotopic (exact) mass is 354 g/mol. The molecule has 2 aromatic carbocycles. The second-order valence-electron chi connectivity index (χ2n) is 6.92. The van der Waals surface area contributed by atoms with E-state index in [9.17, 15) is 4.79 Å². The van der Waals surface area contributed by atoms with E-state index in [1.165, 1.54) is 0 Å². The standard InChI is InChI=1S/C22H30N2O2/c1-5-18-9-6-8-17(4)22(18)24-21(25)15-23-19-10-7-11-20(14-19)26-13-12-16(2)3/h6-11,14,16,23H,5,12-13,15H2,1-4H3,(H,24,25). The van der Waals surface area contributed by atoms with E-state index in [0.29, 0.717) is 12.5 Å². The number of para-hydroxylation sites is 1. The second kappa shape index (κ2) is 9.85. The quantitative estimate of drug-likeness (QED) is 0.664. The number of rotatable bonds is 9. The second-order valence-corrected chi connectivity index (χ2v) is 6.92. The first-order valence-electron chi connectivity index (χ1n) is 9.34. The Morgan fingerprint density at radius 2 is 1.92 bits per heavy atom. The van der Waals surface area contributed by atoms with Gasteiger partial charge in [0.05, 0.1) is 13.2 Å². The van der Waals surface area contributed by atoms with Gasteiger partial charge in [-0.3, -0.25) is 4.79 Å². The van der Waals surface area contributed by atoms with Crippen molar-refractivity contribution in [1.29, 1.82) is 0 Å². The van der Waals surface area contributed by atoms with E-state index in [2.05, 4.69) is 31.4 Å². The molecule has 0 atom stereocenters. The largest absolute Gasteiger partial charge is 0.494 e. The van der Waals surface area contributed by atoms with Crippen molar-refractivity contribution in [3.8, 4) is 5.75 Å². The Hall–Kier alpha value is -2.49. The van der Waals surface area contributed by atoms with E-state index in [1.54, 1.807) is 0 Å². The van der Waals surface area contributed by atoms with Gasteiger partial charge in [-0.15, -0.1) is 0 Å². The Morgan fingerprint density at radius 1 is 1.15 bits per heavy atom. The molecule has 0 spiro atoms. The number of aryl methyl sites for hydroxylation is 2. The van der Waals surface area contributed by atoms with Crippen LogP contribution in [0.5, 0.6) is 5.75 Å². The summed E-state index contributed by atoms with van der Waals surface area (Å²) in [4.78, 5) is 12.3. The lowest BCUT2D eigenvalue weighted by atomic mass is 10.1. The van der Waals surface area contributed by atoms with Crippen molar-refractivity contribution in [2.45, 2.75) is 40.5 Å². The number of anilines is 2. The molecule has 2 rings (SSSR count). The van der Waals surface area contributed by atoms with Crippen LogP contribution < -0.4 is 15.4 Å². The van der Waals surface area contributed by atoms with Crippen LogP contribution in [0.25, 0.3) is 0 Å². The molecule has 1 amide bonds. The molecule has 2 aromatic rings. The smallest absolute Gasteiger partial charge is 0.243 e. The summed E-state index contributed by atoms with van der Waals surface area (Å²) in [5, 5.41) is 6.20. The number of carbonyl (C=O) groups excluding carboxylic acids is 1. The number of carbonyl (C=O) groups is 1. The van der Waals surface area contributed by atoms with Gasteiger partial charge in [0.15, 0.2) is 0 Å². The summed E-state index contributed by atoms with van der Waals surface area (Å²) in [5.41, 5.74) is 4.03. The fourth-order valence-corrected chi connectivity index (χ4v) is 2.68. The summed E-state index contributed by atoms with van der Waals surface area (Å²) < 4.78 is 5.77. The molecular weight excluding hydrogens is 324 g/mol. The van der Waals surface area contributed by atoms with Gasteiger partial charge in [-0.1, -0.05) is 45.0 Å². The number of nitrogens with one attached hydrogen (secondary N) is 2. The fourth-order valence-electron chi connectivity index (χ4n) is 2.68. The van der Waals surface area contributed by atoms with Crippen molar-refractivity contribution in [2.75, 3.05) is 23.8 Å². The van der Waals surface area contributed by atoms with Crippen LogP contribution in [-0.4, -0.2) is 19.1 Å². The predicted octanol–water partition coefficient (Wildman–Crippen LogP) is 5.03. The molecule has 0 saturated carbocycles. The van der Waals surface area contributed by atoms with Crippen molar-refractivity contribution in [3.63, 3.8) is 0 Å². The third-order valence-electron chi connectivity index (χ3n) is 4.26. The van der Waals surface area contributed by atoms with E-state index in [1.807, 2.05) is 49.4 Å². The third kappa shape index (κ3) is 6.10. The van der Waals surface area contributed by atoms with Gasteiger partial charge in [-0.05, 0) is 48.9 Å². The Morgan fingerprint density at radius 3 is 2.65 bits per heavy atom. The molecule has 0 unspecified atom stereocenters. The van der Waals surface area contributed by atoms with Crippen LogP contribution >= 0.6 is 0 Å². The molecule has 0 fully saturated rings. The topological polar surface area (TPSA) is 50.4 Å². The lowest BCUT2D eigenvalue weighted by molar-refractivity contribution is -0.114. The number of benzene rings is 2. The summed E-state index contributed by atoms with van der Waals surface area (Å²) in [7, 11) is 0. The van der Waals surface area contributed by atoms with Crippen molar-refractivity contribution in [1.82, 2.24) is 0 Å². The van der Waals surface area contributed by atoms with Crippen molar-refractivity contribution < 1.29 is 9.53 Å². The molecule has 0 bridgehead atoms. The molecule has 4 heteroatoms. The maximum Gasteiger partial charge on any atom is 0.243 e. The Kier molecular flexibility index (Phi) is 7.52. The van der Waals surface area contributed by atoms with E-state index in [-0.39, 0.29) is 12.5 Å². The van der Waals surface area contributed by atoms with Crippen LogP contribution in [0.15, 0.2) is 42.5 Å². The molecule has 0 aliphatic rings. The van der Waals surface area contributed by atoms with Gasteiger partial charge < -0.3 is 15.4 Å². The molecule has 0 aromatic heterocycles. The lowest BCUT2D eigenvalue weighted by Gasteiger charge is -2.14. The zero-order chi connectivity index (χ0) is 18.9. The van der Waals surface area contributed by atoms with Gasteiger partial charge in [0.2, 0.25) is 5.91 Å². The van der Waals surface area contributed by atoms with Gasteiger partial charge in [0.1, 0.15) is 5.75 Å². The minimum absolute atomic E-state index is 0.0554. The first-order chi connectivity index (χ1) is 12.5. The van der Waals surface area contributed by atoms with Crippen molar-refractivity contribution in [2.24, 2.45) is 5.92 Å². The maximum atomic E-state index is 12.3. The SMILES string of the molecule is CCc1cccc(C)c1NC(=O)CNc1cccc(OCCC(C)C)c1.